The summed E-state index contributed by atoms with van der Waals surface area (Å²) in [5.41, 5.74) is 11.3. The smallest absolute Gasteiger partial charge is 0.435 e. The molecule has 79 heavy (non-hydrogen) atoms. The molecule has 1 aliphatic heterocycles. The Morgan fingerprint density at radius 3 is 1.80 bits per heavy atom. The van der Waals surface area contributed by atoms with Crippen molar-refractivity contribution in [1.82, 2.24) is 50.0 Å². The van der Waals surface area contributed by atoms with Crippen molar-refractivity contribution in [3.8, 4) is 27.1 Å². The van der Waals surface area contributed by atoms with E-state index in [9.17, 15) is 32.3 Å². The summed E-state index contributed by atoms with van der Waals surface area (Å²) in [5, 5.41) is 8.96. The number of Topliss-reactive ketones (excluding diaryl/α,β-unsaturated/α-hetero) is 2. The number of aliphatic imine (C=N–C) groups is 1. The third-order valence-electron chi connectivity index (χ3n) is 14.1. The number of hydrogen-bond donors (Lipinski definition) is 4. The summed E-state index contributed by atoms with van der Waals surface area (Å²) in [6, 6.07) is 8.28. The summed E-state index contributed by atoms with van der Waals surface area (Å²) in [4.78, 5) is 86.5. The molecule has 0 spiro atoms. The van der Waals surface area contributed by atoms with E-state index in [1.54, 1.807) is 64.3 Å². The van der Waals surface area contributed by atoms with Crippen molar-refractivity contribution in [3.63, 3.8) is 0 Å². The second-order valence-corrected chi connectivity index (χ2v) is 23.2. The van der Waals surface area contributed by atoms with Gasteiger partial charge < -0.3 is 25.8 Å². The van der Waals surface area contributed by atoms with Gasteiger partial charge in [-0.15, -0.1) is 34.0 Å². The Bertz CT molecular complexity index is 3370. The number of para-hydroxylation sites is 1. The molecule has 7 aromatic rings. The number of halogens is 3. The van der Waals surface area contributed by atoms with Crippen molar-refractivity contribution >= 4 is 68.9 Å². The number of imidazole rings is 2. The van der Waals surface area contributed by atoms with Crippen LogP contribution in [0.4, 0.5) is 13.2 Å². The van der Waals surface area contributed by atoms with Crippen molar-refractivity contribution in [2.45, 2.75) is 124 Å². The van der Waals surface area contributed by atoms with Crippen LogP contribution < -0.4 is 11.1 Å². The number of nitrogens with two attached hydrogens (primary N) is 1. The molecule has 7 heterocycles. The van der Waals surface area contributed by atoms with Crippen LogP contribution in [0.3, 0.4) is 0 Å². The summed E-state index contributed by atoms with van der Waals surface area (Å²) < 4.78 is 46.8. The van der Waals surface area contributed by atoms with Gasteiger partial charge in [-0.05, 0) is 117 Å². The first-order valence-corrected chi connectivity index (χ1v) is 29.1. The van der Waals surface area contributed by atoms with Crippen molar-refractivity contribution in [2.24, 2.45) is 28.5 Å². The highest BCUT2D eigenvalue weighted by Crippen LogP contribution is 2.38. The number of aromatic nitrogens is 9. The Morgan fingerprint density at radius 1 is 0.759 bits per heavy atom. The summed E-state index contributed by atoms with van der Waals surface area (Å²) in [6.45, 7) is 8.82. The van der Waals surface area contributed by atoms with Crippen LogP contribution in [0.1, 0.15) is 130 Å². The fourth-order valence-electron chi connectivity index (χ4n) is 9.92. The molecule has 416 valence electrons. The molecule has 23 heteroatoms. The Morgan fingerprint density at radius 2 is 1.29 bits per heavy atom. The van der Waals surface area contributed by atoms with Crippen LogP contribution in [0.2, 0.25) is 0 Å². The van der Waals surface area contributed by atoms with Crippen molar-refractivity contribution in [2.75, 3.05) is 19.7 Å². The molecule has 0 radical (unpaired) electrons. The van der Waals surface area contributed by atoms with E-state index in [2.05, 4.69) is 46.4 Å². The number of ether oxygens (including phenoxy) is 1. The van der Waals surface area contributed by atoms with Crippen LogP contribution in [0.15, 0.2) is 60.0 Å². The average Bonchev–Trinajstić information content (AvgIpc) is 4.37. The zero-order valence-corrected chi connectivity index (χ0v) is 47.0. The van der Waals surface area contributed by atoms with Crippen LogP contribution in [0.25, 0.3) is 32.8 Å². The lowest BCUT2D eigenvalue weighted by atomic mass is 9.86. The highest BCUT2D eigenvalue weighted by molar-refractivity contribution is 7.15. The minimum absolute atomic E-state index is 0.0146. The number of aryl methyl sites for hydroxylation is 5. The molecule has 17 nitrogen and oxygen atoms in total. The molecule has 0 saturated heterocycles. The van der Waals surface area contributed by atoms with Gasteiger partial charge in [0.25, 0.3) is 5.91 Å². The number of ketones is 2. The number of thiazole rings is 3. The zero-order valence-electron chi connectivity index (χ0n) is 44.5. The minimum Gasteiger partial charge on any atom is -0.466 e. The molecule has 3 atom stereocenters. The molecule has 3 aliphatic carbocycles. The topological polar surface area (TPSA) is 242 Å². The largest absolute Gasteiger partial charge is 0.466 e. The number of carbonyl (C=O) groups excluding carboxylic acids is 4. The van der Waals surface area contributed by atoms with E-state index in [0.29, 0.717) is 43.9 Å². The number of nitrogens with zero attached hydrogens (tertiary/aromatic N) is 8. The van der Waals surface area contributed by atoms with Gasteiger partial charge >= 0.3 is 12.1 Å². The average molecular weight is 1140 g/mol. The first-order chi connectivity index (χ1) is 38.0. The first kappa shape index (κ1) is 56.9. The number of esters is 1. The summed E-state index contributed by atoms with van der Waals surface area (Å²) in [6.07, 6.45) is 12.0. The van der Waals surface area contributed by atoms with Gasteiger partial charge in [-0.2, -0.15) is 18.3 Å². The number of carbonyl (C=O) groups is 4. The Balaban J connectivity index is 0.000000156. The maximum Gasteiger partial charge on any atom is 0.435 e. The van der Waals surface area contributed by atoms with Crippen LogP contribution >= 0.6 is 34.0 Å². The summed E-state index contributed by atoms with van der Waals surface area (Å²) >= 11 is 4.93. The second kappa shape index (κ2) is 25.5. The van der Waals surface area contributed by atoms with Gasteiger partial charge in [0.1, 0.15) is 38.2 Å². The van der Waals surface area contributed by atoms with E-state index in [0.717, 1.165) is 147 Å². The van der Waals surface area contributed by atoms with Gasteiger partial charge in [-0.3, -0.25) is 24.2 Å². The molecule has 5 N–H and O–H groups in total. The quantitative estimate of drug-likeness (QED) is 0.0522. The number of fused-ring (bicyclic) bond motifs is 3. The van der Waals surface area contributed by atoms with E-state index < -0.39 is 23.3 Å². The van der Waals surface area contributed by atoms with E-state index in [-0.39, 0.29) is 42.5 Å². The third-order valence-corrected chi connectivity index (χ3v) is 17.5. The molecule has 6 aromatic heterocycles. The van der Waals surface area contributed by atoms with Crippen molar-refractivity contribution < 1.29 is 37.1 Å². The Kier molecular flexibility index (Phi) is 18.4. The van der Waals surface area contributed by atoms with Gasteiger partial charge in [0.05, 0.1) is 70.3 Å². The Hall–Kier alpha value is -6.82. The number of benzene rings is 1. The normalized spacial score (nSPS) is 17.4. The number of rotatable bonds is 16. The van der Waals surface area contributed by atoms with Gasteiger partial charge in [0.2, 0.25) is 0 Å². The van der Waals surface area contributed by atoms with Crippen LogP contribution in [0, 0.1) is 31.6 Å². The molecule has 0 bridgehead atoms. The Labute approximate surface area is 467 Å². The van der Waals surface area contributed by atoms with Crippen molar-refractivity contribution in [3.05, 3.63) is 115 Å². The molecular formula is C56H63F3N12O5S3. The van der Waals surface area contributed by atoms with Gasteiger partial charge in [0, 0.05) is 64.2 Å². The monoisotopic (exact) mass is 1140 g/mol. The standard InChI is InChI=1S/C27H26F3N5O2S.C15H20N4OS.C14H17N3O2S/c1-16-9-11-21(32-16)26-33-20-12-10-17(14-23(20)38-26)22(36)8-5-13-31-25(37)19-15-35(18-6-3-2-4-7-18)34-24(19)27(28,29)30;1-9-17-8-12(18-9)15-19-11-5-4-10(7-14(11)21-15)13(20)3-2-6-16;1-3-19-14(18)9-4-5-10-12(6-9)20-13(17-10)11-7-15-8(2)16-11/h2-4,6-7,11,15,17H,5,8-10,12-14H2,1H3,(H,31,37);8,10H,2-7,16H2,1H3,(H,17,18);7,9H,3-6H2,1-2H3,(H,15,16). The number of hydrogen-bond acceptors (Lipinski definition) is 16. The SMILES string of the molecule is CC1=NC(c2nc3c(s2)CC(C(=O)CCCNC(=O)c2cn(-c4ccccc4)nc2C(F)(F)F)CC3)=CC1.CCOC(=O)C1CCc2nc(-c3cnc(C)[nH]3)sc2C1.Cc1ncc(-c2nc3c(s2)CC(C(=O)CCCN)CC3)[nH]1. The van der Waals surface area contributed by atoms with Crippen LogP contribution in [-0.4, -0.2) is 93.5 Å². The lowest BCUT2D eigenvalue weighted by molar-refractivity contribution is -0.148. The highest BCUT2D eigenvalue weighted by atomic mass is 32.1. The van der Waals surface area contributed by atoms with Gasteiger partial charge in [0.15, 0.2) is 5.69 Å². The van der Waals surface area contributed by atoms with Gasteiger partial charge in [-0.25, -0.2) is 29.6 Å². The summed E-state index contributed by atoms with van der Waals surface area (Å²) in [5.74, 6) is 1.32. The number of allylic oxidation sites excluding steroid dienone is 1. The number of nitrogens with one attached hydrogen (secondary N) is 3. The van der Waals surface area contributed by atoms with Crippen LogP contribution in [0.5, 0.6) is 0 Å². The first-order valence-electron chi connectivity index (χ1n) is 26.7. The lowest BCUT2D eigenvalue weighted by Crippen LogP contribution is -2.28. The zero-order chi connectivity index (χ0) is 55.8. The molecule has 0 saturated carbocycles. The third kappa shape index (κ3) is 14.1. The van der Waals surface area contributed by atoms with E-state index in [1.165, 1.54) is 9.75 Å². The van der Waals surface area contributed by atoms with E-state index in [1.807, 2.05) is 40.1 Å². The highest BCUT2D eigenvalue weighted by Gasteiger charge is 2.40. The lowest BCUT2D eigenvalue weighted by Gasteiger charge is -2.19. The maximum atomic E-state index is 13.5. The number of amides is 1. The molecule has 4 aliphatic rings. The van der Waals surface area contributed by atoms with E-state index in [4.69, 9.17) is 20.4 Å². The number of alkyl halides is 3. The summed E-state index contributed by atoms with van der Waals surface area (Å²) in [7, 11) is 0. The molecule has 1 aromatic carbocycles. The number of H-pyrrole nitrogens is 2. The predicted octanol–water partition coefficient (Wildman–Crippen LogP) is 10.2. The minimum atomic E-state index is -4.78. The maximum absolute atomic E-state index is 13.5. The van der Waals surface area contributed by atoms with E-state index >= 15 is 0 Å². The van der Waals surface area contributed by atoms with Gasteiger partial charge in [-0.1, -0.05) is 24.3 Å². The van der Waals surface area contributed by atoms with Crippen molar-refractivity contribution in [1.29, 1.82) is 0 Å². The fourth-order valence-corrected chi connectivity index (χ4v) is 13.4. The molecule has 11 rings (SSSR count). The molecular weight excluding hydrogens is 1070 g/mol. The molecule has 3 unspecified atom stereocenters. The number of aromatic amines is 2. The predicted molar refractivity (Wildman–Crippen MR) is 298 cm³/mol. The molecule has 0 fully saturated rings. The fraction of sp³-hybridized carbons (Fsp3) is 0.446. The second-order valence-electron chi connectivity index (χ2n) is 20.0. The van der Waals surface area contributed by atoms with Crippen LogP contribution in [-0.2, 0) is 63.8 Å². The molecule has 1 amide bonds.